The highest BCUT2D eigenvalue weighted by Gasteiger charge is 2.35. The molecule has 0 spiro atoms. The van der Waals surface area contributed by atoms with Crippen LogP contribution >= 0.6 is 11.6 Å². The van der Waals surface area contributed by atoms with Gasteiger partial charge in [-0.15, -0.1) is 6.42 Å². The number of anilines is 1. The van der Waals surface area contributed by atoms with Gasteiger partial charge in [0.2, 0.25) is 5.91 Å². The van der Waals surface area contributed by atoms with Crippen molar-refractivity contribution in [1.29, 1.82) is 0 Å². The summed E-state index contributed by atoms with van der Waals surface area (Å²) < 4.78 is 5.27. The SMILES string of the molecule is C#Cc1cccc(NC(=O)C2CCCN2C(=O)c2cc(Cl)ccc2OC)c1. The lowest BCUT2D eigenvalue weighted by molar-refractivity contribution is -0.119. The highest BCUT2D eigenvalue weighted by Crippen LogP contribution is 2.28. The summed E-state index contributed by atoms with van der Waals surface area (Å²) in [7, 11) is 1.49. The van der Waals surface area contributed by atoms with Crippen LogP contribution in [0.1, 0.15) is 28.8 Å². The van der Waals surface area contributed by atoms with Crippen molar-refractivity contribution in [2.45, 2.75) is 18.9 Å². The van der Waals surface area contributed by atoms with Crippen molar-refractivity contribution in [2.24, 2.45) is 0 Å². The minimum atomic E-state index is -0.560. The van der Waals surface area contributed by atoms with Crippen molar-refractivity contribution in [3.63, 3.8) is 0 Å². The second-order valence-electron chi connectivity index (χ2n) is 6.22. The van der Waals surface area contributed by atoms with Crippen LogP contribution in [0.4, 0.5) is 5.69 Å². The monoisotopic (exact) mass is 382 g/mol. The second kappa shape index (κ2) is 8.15. The molecule has 1 unspecified atom stereocenters. The van der Waals surface area contributed by atoms with E-state index in [0.29, 0.717) is 40.6 Å². The Balaban J connectivity index is 1.80. The van der Waals surface area contributed by atoms with E-state index >= 15 is 0 Å². The van der Waals surface area contributed by atoms with Crippen molar-refractivity contribution in [1.82, 2.24) is 4.90 Å². The quantitative estimate of drug-likeness (QED) is 0.822. The van der Waals surface area contributed by atoms with Gasteiger partial charge >= 0.3 is 0 Å². The number of amides is 2. The van der Waals surface area contributed by atoms with Crippen molar-refractivity contribution >= 4 is 29.1 Å². The molecule has 1 aliphatic heterocycles. The number of halogens is 1. The van der Waals surface area contributed by atoms with E-state index in [4.69, 9.17) is 22.8 Å². The number of terminal acetylenes is 1. The lowest BCUT2D eigenvalue weighted by Gasteiger charge is -2.25. The van der Waals surface area contributed by atoms with Crippen LogP contribution in [-0.4, -0.2) is 36.4 Å². The average molecular weight is 383 g/mol. The number of rotatable bonds is 4. The molecule has 3 rings (SSSR count). The lowest BCUT2D eigenvalue weighted by atomic mass is 10.1. The van der Waals surface area contributed by atoms with Crippen molar-refractivity contribution in [3.05, 3.63) is 58.6 Å². The van der Waals surface area contributed by atoms with E-state index in [9.17, 15) is 9.59 Å². The summed E-state index contributed by atoms with van der Waals surface area (Å²) in [5.41, 5.74) is 1.63. The first kappa shape index (κ1) is 18.8. The third-order valence-electron chi connectivity index (χ3n) is 4.51. The standard InChI is InChI=1S/C21H19ClN2O3/c1-3-14-6-4-7-16(12-14)23-20(25)18-8-5-11-24(18)21(26)17-13-15(22)9-10-19(17)27-2/h1,4,6-7,9-10,12-13,18H,5,8,11H2,2H3,(H,23,25). The number of nitrogens with zero attached hydrogens (tertiary/aromatic N) is 1. The molecule has 0 aliphatic carbocycles. The summed E-state index contributed by atoms with van der Waals surface area (Å²) in [6.07, 6.45) is 6.74. The molecule has 2 aromatic rings. The smallest absolute Gasteiger partial charge is 0.258 e. The van der Waals surface area contributed by atoms with E-state index in [1.54, 1.807) is 47.4 Å². The molecule has 138 valence electrons. The number of nitrogens with one attached hydrogen (secondary N) is 1. The van der Waals surface area contributed by atoms with Crippen LogP contribution in [0.3, 0.4) is 0 Å². The summed E-state index contributed by atoms with van der Waals surface area (Å²) >= 11 is 6.04. The number of likely N-dealkylation sites (tertiary alicyclic amines) is 1. The minimum Gasteiger partial charge on any atom is -0.496 e. The fourth-order valence-corrected chi connectivity index (χ4v) is 3.37. The Kier molecular flexibility index (Phi) is 5.68. The molecule has 0 radical (unpaired) electrons. The first-order valence-electron chi connectivity index (χ1n) is 8.55. The predicted molar refractivity (Wildman–Crippen MR) is 105 cm³/mol. The molecule has 1 N–H and O–H groups in total. The van der Waals surface area contributed by atoms with Crippen LogP contribution in [0, 0.1) is 12.3 Å². The number of hydrogen-bond acceptors (Lipinski definition) is 3. The molecule has 1 heterocycles. The van der Waals surface area contributed by atoms with Crippen LogP contribution < -0.4 is 10.1 Å². The van der Waals surface area contributed by atoms with Gasteiger partial charge in [-0.05, 0) is 49.2 Å². The van der Waals surface area contributed by atoms with Crippen LogP contribution in [0.25, 0.3) is 0 Å². The molecular weight excluding hydrogens is 364 g/mol. The maximum atomic E-state index is 13.0. The van der Waals surface area contributed by atoms with E-state index in [1.807, 2.05) is 0 Å². The number of carbonyl (C=O) groups excluding carboxylic acids is 2. The highest BCUT2D eigenvalue weighted by molar-refractivity contribution is 6.31. The molecule has 2 amide bonds. The Morgan fingerprint density at radius 3 is 2.85 bits per heavy atom. The first-order valence-corrected chi connectivity index (χ1v) is 8.93. The maximum Gasteiger partial charge on any atom is 0.258 e. The molecule has 0 bridgehead atoms. The van der Waals surface area contributed by atoms with Crippen LogP contribution in [0.5, 0.6) is 5.75 Å². The predicted octanol–water partition coefficient (Wildman–Crippen LogP) is 3.57. The van der Waals surface area contributed by atoms with E-state index in [1.165, 1.54) is 7.11 Å². The Bertz CT molecular complexity index is 920. The van der Waals surface area contributed by atoms with E-state index < -0.39 is 6.04 Å². The Morgan fingerprint density at radius 2 is 2.11 bits per heavy atom. The fourth-order valence-electron chi connectivity index (χ4n) is 3.20. The third kappa shape index (κ3) is 4.07. The second-order valence-corrected chi connectivity index (χ2v) is 6.65. The van der Waals surface area contributed by atoms with E-state index in [2.05, 4.69) is 11.2 Å². The van der Waals surface area contributed by atoms with Gasteiger partial charge in [0.25, 0.3) is 5.91 Å². The molecule has 5 nitrogen and oxygen atoms in total. The first-order chi connectivity index (χ1) is 13.0. The van der Waals surface area contributed by atoms with Crippen molar-refractivity contribution < 1.29 is 14.3 Å². The van der Waals surface area contributed by atoms with Gasteiger partial charge in [-0.2, -0.15) is 0 Å². The molecular formula is C21H19ClN2O3. The molecule has 27 heavy (non-hydrogen) atoms. The van der Waals surface area contributed by atoms with Gasteiger partial charge in [-0.1, -0.05) is 23.6 Å². The lowest BCUT2D eigenvalue weighted by Crippen LogP contribution is -2.43. The summed E-state index contributed by atoms with van der Waals surface area (Å²) in [6, 6.07) is 11.3. The van der Waals surface area contributed by atoms with E-state index in [0.717, 1.165) is 6.42 Å². The maximum absolute atomic E-state index is 13.0. The number of benzene rings is 2. The molecule has 1 atom stereocenters. The normalized spacial score (nSPS) is 15.9. The van der Waals surface area contributed by atoms with Gasteiger partial charge in [0.05, 0.1) is 12.7 Å². The number of methoxy groups -OCH3 is 1. The van der Waals surface area contributed by atoms with Gasteiger partial charge in [-0.3, -0.25) is 9.59 Å². The summed E-state index contributed by atoms with van der Waals surface area (Å²) in [4.78, 5) is 27.4. The van der Waals surface area contributed by atoms with Gasteiger partial charge in [-0.25, -0.2) is 0 Å². The summed E-state index contributed by atoms with van der Waals surface area (Å²) in [5, 5.41) is 3.28. The van der Waals surface area contributed by atoms with Gasteiger partial charge in [0, 0.05) is 22.8 Å². The van der Waals surface area contributed by atoms with Gasteiger partial charge in [0.1, 0.15) is 11.8 Å². The molecule has 1 fully saturated rings. The fraction of sp³-hybridized carbons (Fsp3) is 0.238. The zero-order chi connectivity index (χ0) is 19.4. The van der Waals surface area contributed by atoms with Crippen LogP contribution in [0.2, 0.25) is 5.02 Å². The summed E-state index contributed by atoms with van der Waals surface area (Å²) in [6.45, 7) is 0.497. The largest absolute Gasteiger partial charge is 0.496 e. The Hall–Kier alpha value is -2.97. The third-order valence-corrected chi connectivity index (χ3v) is 4.74. The Morgan fingerprint density at radius 1 is 1.30 bits per heavy atom. The highest BCUT2D eigenvalue weighted by atomic mass is 35.5. The molecule has 0 saturated carbocycles. The van der Waals surface area contributed by atoms with Crippen LogP contribution in [-0.2, 0) is 4.79 Å². The minimum absolute atomic E-state index is 0.240. The number of ether oxygens (including phenoxy) is 1. The molecule has 1 saturated heterocycles. The van der Waals surface area contributed by atoms with Gasteiger partial charge < -0.3 is 15.0 Å². The molecule has 6 heteroatoms. The number of carbonyl (C=O) groups is 2. The van der Waals surface area contributed by atoms with Crippen molar-refractivity contribution in [3.8, 4) is 18.1 Å². The zero-order valence-electron chi connectivity index (χ0n) is 14.9. The zero-order valence-corrected chi connectivity index (χ0v) is 15.6. The molecule has 0 aromatic heterocycles. The number of hydrogen-bond donors (Lipinski definition) is 1. The van der Waals surface area contributed by atoms with Crippen LogP contribution in [0.15, 0.2) is 42.5 Å². The van der Waals surface area contributed by atoms with E-state index in [-0.39, 0.29) is 11.8 Å². The van der Waals surface area contributed by atoms with Crippen molar-refractivity contribution in [2.75, 3.05) is 19.0 Å². The topological polar surface area (TPSA) is 58.6 Å². The van der Waals surface area contributed by atoms with Gasteiger partial charge in [0.15, 0.2) is 0 Å². The molecule has 1 aliphatic rings. The summed E-state index contributed by atoms with van der Waals surface area (Å²) in [5.74, 6) is 2.45. The average Bonchev–Trinajstić information content (AvgIpc) is 3.17. The Labute approximate surface area is 163 Å². The molecule has 2 aromatic carbocycles.